The van der Waals surface area contributed by atoms with E-state index < -0.39 is 10.0 Å². The summed E-state index contributed by atoms with van der Waals surface area (Å²) in [5, 5.41) is 0. The number of hydrogen-bond donors (Lipinski definition) is 1. The number of aromatic nitrogens is 2. The molecule has 0 unspecified atom stereocenters. The average Bonchev–Trinajstić information content (AvgIpc) is 3.11. The number of benzene rings is 2. The summed E-state index contributed by atoms with van der Waals surface area (Å²) in [6, 6.07) is 12.3. The Morgan fingerprint density at radius 2 is 1.88 bits per heavy atom. The predicted molar refractivity (Wildman–Crippen MR) is 101 cm³/mol. The Labute approximate surface area is 155 Å². The average molecular weight is 420 g/mol. The third-order valence-electron chi connectivity index (χ3n) is 3.97. The molecular formula is C18H18BrN3O2S. The maximum absolute atomic E-state index is 12.6. The van der Waals surface area contributed by atoms with Gasteiger partial charge in [0.2, 0.25) is 10.0 Å². The Kier molecular flexibility index (Phi) is 5.08. The molecule has 5 nitrogen and oxygen atoms in total. The van der Waals surface area contributed by atoms with Crippen LogP contribution in [0.5, 0.6) is 0 Å². The number of halogens is 1. The lowest BCUT2D eigenvalue weighted by Gasteiger charge is -2.16. The van der Waals surface area contributed by atoms with Crippen LogP contribution in [-0.4, -0.2) is 18.0 Å². The van der Waals surface area contributed by atoms with E-state index in [4.69, 9.17) is 0 Å². The highest BCUT2D eigenvalue weighted by Crippen LogP contribution is 2.22. The number of imidazole rings is 1. The van der Waals surface area contributed by atoms with Gasteiger partial charge in [0.1, 0.15) is 0 Å². The highest BCUT2D eigenvalue weighted by Gasteiger charge is 2.19. The van der Waals surface area contributed by atoms with E-state index >= 15 is 0 Å². The van der Waals surface area contributed by atoms with E-state index in [1.165, 1.54) is 0 Å². The molecule has 0 fully saturated rings. The van der Waals surface area contributed by atoms with Gasteiger partial charge in [-0.1, -0.05) is 28.1 Å². The van der Waals surface area contributed by atoms with Crippen molar-refractivity contribution in [1.29, 1.82) is 0 Å². The summed E-state index contributed by atoms with van der Waals surface area (Å²) in [6.45, 7) is 3.69. The van der Waals surface area contributed by atoms with Crippen LogP contribution in [0.4, 0.5) is 0 Å². The van der Waals surface area contributed by atoms with Gasteiger partial charge in [0, 0.05) is 28.6 Å². The van der Waals surface area contributed by atoms with Gasteiger partial charge in [-0.25, -0.2) is 18.1 Å². The monoisotopic (exact) mass is 419 g/mol. The van der Waals surface area contributed by atoms with Gasteiger partial charge in [-0.05, 0) is 55.3 Å². The zero-order chi connectivity index (χ0) is 18.0. The van der Waals surface area contributed by atoms with Gasteiger partial charge >= 0.3 is 0 Å². The summed E-state index contributed by atoms with van der Waals surface area (Å²) in [5.74, 6) is 0. The third kappa shape index (κ3) is 4.00. The standard InChI is InChI=1S/C18H18BrN3O2S/c1-13-11-17(7-8-18(13)19)25(23,24)21-14(2)15-3-5-16(6-4-15)22-10-9-20-12-22/h3-12,14,21H,1-2H3/t14-/m1/s1. The quantitative estimate of drug-likeness (QED) is 0.679. The predicted octanol–water partition coefficient (Wildman–Crippen LogP) is 3.98. The molecule has 0 saturated heterocycles. The summed E-state index contributed by atoms with van der Waals surface area (Å²) in [4.78, 5) is 4.28. The van der Waals surface area contributed by atoms with E-state index in [0.29, 0.717) is 0 Å². The van der Waals surface area contributed by atoms with E-state index in [1.54, 1.807) is 30.7 Å². The van der Waals surface area contributed by atoms with Crippen molar-refractivity contribution in [2.75, 3.05) is 0 Å². The third-order valence-corrected chi connectivity index (χ3v) is 6.40. The molecule has 1 atom stereocenters. The van der Waals surface area contributed by atoms with Crippen LogP contribution in [0.25, 0.3) is 5.69 Å². The SMILES string of the molecule is Cc1cc(S(=O)(=O)N[C@H](C)c2ccc(-n3ccnc3)cc2)ccc1Br. The lowest BCUT2D eigenvalue weighted by Crippen LogP contribution is -2.27. The molecule has 1 heterocycles. The molecule has 0 radical (unpaired) electrons. The minimum Gasteiger partial charge on any atom is -0.306 e. The number of rotatable bonds is 5. The summed E-state index contributed by atoms with van der Waals surface area (Å²) in [6.07, 6.45) is 5.29. The smallest absolute Gasteiger partial charge is 0.241 e. The summed E-state index contributed by atoms with van der Waals surface area (Å²) >= 11 is 3.39. The molecule has 0 saturated carbocycles. The molecule has 25 heavy (non-hydrogen) atoms. The van der Waals surface area contributed by atoms with E-state index in [1.807, 2.05) is 48.9 Å². The van der Waals surface area contributed by atoms with Crippen molar-refractivity contribution < 1.29 is 8.42 Å². The lowest BCUT2D eigenvalue weighted by atomic mass is 10.1. The van der Waals surface area contributed by atoms with Gasteiger partial charge in [0.25, 0.3) is 0 Å². The summed E-state index contributed by atoms with van der Waals surface area (Å²) in [5.41, 5.74) is 2.74. The van der Waals surface area contributed by atoms with Gasteiger partial charge in [0.05, 0.1) is 11.2 Å². The number of aryl methyl sites for hydroxylation is 1. The molecule has 2 aromatic carbocycles. The molecule has 3 aromatic rings. The first-order valence-corrected chi connectivity index (χ1v) is 10.0. The van der Waals surface area contributed by atoms with Crippen molar-refractivity contribution in [3.05, 3.63) is 76.8 Å². The molecule has 7 heteroatoms. The summed E-state index contributed by atoms with van der Waals surface area (Å²) < 4.78 is 30.7. The van der Waals surface area contributed by atoms with E-state index in [9.17, 15) is 8.42 Å². The summed E-state index contributed by atoms with van der Waals surface area (Å²) in [7, 11) is -3.59. The molecule has 0 bridgehead atoms. The Hall–Kier alpha value is -1.96. The fraction of sp³-hybridized carbons (Fsp3) is 0.167. The Morgan fingerprint density at radius 1 is 1.16 bits per heavy atom. The fourth-order valence-electron chi connectivity index (χ4n) is 2.50. The molecule has 0 aliphatic rings. The normalized spacial score (nSPS) is 12.9. The number of hydrogen-bond acceptors (Lipinski definition) is 3. The maximum Gasteiger partial charge on any atom is 0.241 e. The topological polar surface area (TPSA) is 64.0 Å². The fourth-order valence-corrected chi connectivity index (χ4v) is 4.06. The van der Waals surface area contributed by atoms with E-state index in [-0.39, 0.29) is 10.9 Å². The van der Waals surface area contributed by atoms with E-state index in [2.05, 4.69) is 25.6 Å². The second kappa shape index (κ2) is 7.11. The molecule has 0 aliphatic carbocycles. The second-order valence-corrected chi connectivity index (χ2v) is 8.38. The minimum atomic E-state index is -3.59. The highest BCUT2D eigenvalue weighted by molar-refractivity contribution is 9.10. The molecule has 0 amide bonds. The van der Waals surface area contributed by atoms with Crippen molar-refractivity contribution in [1.82, 2.24) is 14.3 Å². The van der Waals surface area contributed by atoms with Crippen molar-refractivity contribution in [2.45, 2.75) is 24.8 Å². The van der Waals surface area contributed by atoms with Crippen molar-refractivity contribution in [2.24, 2.45) is 0 Å². The van der Waals surface area contributed by atoms with Crippen LogP contribution in [0.2, 0.25) is 0 Å². The largest absolute Gasteiger partial charge is 0.306 e. The van der Waals surface area contributed by atoms with Crippen LogP contribution < -0.4 is 4.72 Å². The van der Waals surface area contributed by atoms with Gasteiger partial charge in [0.15, 0.2) is 0 Å². The molecular weight excluding hydrogens is 402 g/mol. The van der Waals surface area contributed by atoms with Crippen LogP contribution >= 0.6 is 15.9 Å². The number of nitrogens with zero attached hydrogens (tertiary/aromatic N) is 2. The van der Waals surface area contributed by atoms with Crippen LogP contribution in [0.3, 0.4) is 0 Å². The maximum atomic E-state index is 12.6. The Balaban J connectivity index is 1.78. The van der Waals surface area contributed by atoms with Crippen LogP contribution in [-0.2, 0) is 10.0 Å². The van der Waals surface area contributed by atoms with Crippen molar-refractivity contribution in [3.8, 4) is 5.69 Å². The first-order chi connectivity index (χ1) is 11.9. The van der Waals surface area contributed by atoms with Gasteiger partial charge < -0.3 is 4.57 Å². The van der Waals surface area contributed by atoms with Gasteiger partial charge in [-0.2, -0.15) is 0 Å². The van der Waals surface area contributed by atoms with Crippen molar-refractivity contribution >= 4 is 26.0 Å². The van der Waals surface area contributed by atoms with Crippen LogP contribution in [0, 0.1) is 6.92 Å². The number of sulfonamides is 1. The van der Waals surface area contributed by atoms with Crippen LogP contribution in [0.1, 0.15) is 24.1 Å². The lowest BCUT2D eigenvalue weighted by molar-refractivity contribution is 0.567. The Morgan fingerprint density at radius 3 is 2.48 bits per heavy atom. The first-order valence-electron chi connectivity index (χ1n) is 7.73. The van der Waals surface area contributed by atoms with E-state index in [0.717, 1.165) is 21.3 Å². The second-order valence-electron chi connectivity index (χ2n) is 5.82. The Bertz CT molecular complexity index is 968. The first kappa shape index (κ1) is 17.8. The zero-order valence-electron chi connectivity index (χ0n) is 13.8. The molecule has 1 N–H and O–H groups in total. The van der Waals surface area contributed by atoms with Gasteiger partial charge in [-0.3, -0.25) is 0 Å². The van der Waals surface area contributed by atoms with Gasteiger partial charge in [-0.15, -0.1) is 0 Å². The van der Waals surface area contributed by atoms with Crippen LogP contribution in [0.15, 0.2) is 70.6 Å². The minimum absolute atomic E-state index is 0.259. The molecule has 1 aromatic heterocycles. The molecule has 0 spiro atoms. The molecule has 0 aliphatic heterocycles. The highest BCUT2D eigenvalue weighted by atomic mass is 79.9. The zero-order valence-corrected chi connectivity index (χ0v) is 16.3. The number of nitrogens with one attached hydrogen (secondary N) is 1. The molecule has 130 valence electrons. The van der Waals surface area contributed by atoms with Crippen molar-refractivity contribution in [3.63, 3.8) is 0 Å². The molecule has 3 rings (SSSR count).